The first-order valence-corrected chi connectivity index (χ1v) is 7.08. The summed E-state index contributed by atoms with van der Waals surface area (Å²) in [4.78, 5) is 11.3. The smallest absolute Gasteiger partial charge is 0.405 e. The van der Waals surface area contributed by atoms with Crippen molar-refractivity contribution in [3.05, 3.63) is 29.3 Å². The first-order valence-electron chi connectivity index (χ1n) is 5.96. The standard InChI is InChI=1S/C11H10F5NO5Si/c12-5-4-6(8(14)9(15)7(5)13)21-10(18)17(16)2-1-3-23-22-11(19)20/h4,11,19-20H,1-3H2. The number of carbonyl (C=O) groups excluding carboxylic acids is 1. The van der Waals surface area contributed by atoms with Crippen molar-refractivity contribution in [3.8, 4) is 5.75 Å². The number of amides is 1. The normalized spacial score (nSPS) is 11.0. The van der Waals surface area contributed by atoms with Crippen LogP contribution in [0.4, 0.5) is 26.8 Å². The molecule has 0 aliphatic rings. The second-order valence-corrected chi connectivity index (χ2v) is 4.97. The number of nitrogens with zero attached hydrogens (tertiary/aromatic N) is 1. The lowest BCUT2D eigenvalue weighted by Gasteiger charge is -2.13. The molecule has 0 aliphatic carbocycles. The number of ether oxygens (including phenoxy) is 1. The van der Waals surface area contributed by atoms with Crippen LogP contribution in [0.2, 0.25) is 6.04 Å². The van der Waals surface area contributed by atoms with Gasteiger partial charge in [-0.2, -0.15) is 4.39 Å². The van der Waals surface area contributed by atoms with Crippen molar-refractivity contribution in [1.82, 2.24) is 5.12 Å². The summed E-state index contributed by atoms with van der Waals surface area (Å²) in [6.07, 6.45) is -1.74. The fourth-order valence-electron chi connectivity index (χ4n) is 1.28. The molecule has 0 aromatic heterocycles. The minimum Gasteiger partial charge on any atom is -0.405 e. The van der Waals surface area contributed by atoms with Crippen LogP contribution >= 0.6 is 0 Å². The van der Waals surface area contributed by atoms with Crippen molar-refractivity contribution >= 4 is 15.9 Å². The SMILES string of the molecule is O=C(Oc1cc(F)c(F)c(F)c1F)N(F)CCC[Si]OC(O)O. The van der Waals surface area contributed by atoms with Crippen LogP contribution in [0.25, 0.3) is 0 Å². The second kappa shape index (κ2) is 8.76. The summed E-state index contributed by atoms with van der Waals surface area (Å²) in [5.74, 6) is -9.37. The molecular weight excluding hydrogens is 349 g/mol. The molecular formula is C11H10F5NO5Si. The lowest BCUT2D eigenvalue weighted by atomic mass is 10.3. The minimum atomic E-state index is -2.20. The zero-order chi connectivity index (χ0) is 17.6. The third-order valence-corrected chi connectivity index (χ3v) is 3.22. The highest BCUT2D eigenvalue weighted by molar-refractivity contribution is 6.27. The number of hydrogen-bond donors (Lipinski definition) is 2. The minimum absolute atomic E-state index is 0.0192. The van der Waals surface area contributed by atoms with Gasteiger partial charge in [-0.3, -0.25) is 0 Å². The second-order valence-electron chi connectivity index (χ2n) is 3.94. The highest BCUT2D eigenvalue weighted by Crippen LogP contribution is 2.25. The maximum absolute atomic E-state index is 13.3. The molecule has 0 aliphatic heterocycles. The van der Waals surface area contributed by atoms with Crippen LogP contribution in [-0.2, 0) is 4.43 Å². The van der Waals surface area contributed by atoms with Gasteiger partial charge in [-0.15, -0.1) is 5.12 Å². The van der Waals surface area contributed by atoms with Crippen molar-refractivity contribution in [2.24, 2.45) is 0 Å². The van der Waals surface area contributed by atoms with Gasteiger partial charge in [0, 0.05) is 6.07 Å². The van der Waals surface area contributed by atoms with E-state index in [4.69, 9.17) is 10.2 Å². The van der Waals surface area contributed by atoms with E-state index in [9.17, 15) is 26.8 Å². The topological polar surface area (TPSA) is 79.2 Å². The van der Waals surface area contributed by atoms with Crippen LogP contribution < -0.4 is 4.74 Å². The average Bonchev–Trinajstić information content (AvgIpc) is 2.49. The zero-order valence-electron chi connectivity index (χ0n) is 11.2. The van der Waals surface area contributed by atoms with E-state index < -0.39 is 53.3 Å². The lowest BCUT2D eigenvalue weighted by molar-refractivity contribution is -0.180. The summed E-state index contributed by atoms with van der Waals surface area (Å²) in [6.45, 7) is -2.50. The fourth-order valence-corrected chi connectivity index (χ4v) is 1.85. The molecule has 1 amide bonds. The van der Waals surface area contributed by atoms with E-state index in [0.29, 0.717) is 0 Å². The molecule has 12 heteroatoms. The van der Waals surface area contributed by atoms with E-state index in [1.165, 1.54) is 0 Å². The van der Waals surface area contributed by atoms with Crippen molar-refractivity contribution in [2.45, 2.75) is 18.9 Å². The molecule has 1 aromatic rings. The number of aliphatic hydroxyl groups excluding tert-OH is 1. The molecule has 0 saturated carbocycles. The van der Waals surface area contributed by atoms with Gasteiger partial charge in [-0.25, -0.2) is 18.0 Å². The van der Waals surface area contributed by atoms with Crippen LogP contribution in [-0.4, -0.2) is 44.2 Å². The molecule has 128 valence electrons. The molecule has 0 unspecified atom stereocenters. The van der Waals surface area contributed by atoms with Crippen LogP contribution in [0.3, 0.4) is 0 Å². The summed E-state index contributed by atoms with van der Waals surface area (Å²) in [5.41, 5.74) is 0. The monoisotopic (exact) mass is 359 g/mol. The van der Waals surface area contributed by atoms with Crippen LogP contribution in [0.5, 0.6) is 5.75 Å². The van der Waals surface area contributed by atoms with Gasteiger partial charge in [-0.1, -0.05) is 4.48 Å². The van der Waals surface area contributed by atoms with Gasteiger partial charge in [0.25, 0.3) is 6.48 Å². The van der Waals surface area contributed by atoms with E-state index in [-0.39, 0.29) is 28.3 Å². The Labute approximate surface area is 128 Å². The number of aliphatic hydroxyl groups is 2. The molecule has 0 saturated heterocycles. The van der Waals surface area contributed by atoms with Crippen molar-refractivity contribution in [2.75, 3.05) is 6.54 Å². The first-order chi connectivity index (χ1) is 10.7. The van der Waals surface area contributed by atoms with Crippen molar-refractivity contribution in [3.63, 3.8) is 0 Å². The predicted molar refractivity (Wildman–Crippen MR) is 64.6 cm³/mol. The van der Waals surface area contributed by atoms with E-state index in [1.54, 1.807) is 0 Å². The highest BCUT2D eigenvalue weighted by Gasteiger charge is 2.24. The molecule has 0 atom stereocenters. The zero-order valence-corrected chi connectivity index (χ0v) is 12.2. The molecule has 0 bridgehead atoms. The number of rotatable bonds is 7. The number of benzene rings is 1. The van der Waals surface area contributed by atoms with Gasteiger partial charge in [0.2, 0.25) is 21.4 Å². The Bertz CT molecular complexity index is 562. The lowest BCUT2D eigenvalue weighted by Crippen LogP contribution is -2.28. The summed E-state index contributed by atoms with van der Waals surface area (Å²) in [7, 11) is -0.374. The largest absolute Gasteiger partial charge is 0.443 e. The average molecular weight is 359 g/mol. The summed E-state index contributed by atoms with van der Waals surface area (Å²) in [6, 6.07) is 0.233. The van der Waals surface area contributed by atoms with Gasteiger partial charge < -0.3 is 19.4 Å². The fraction of sp³-hybridized carbons (Fsp3) is 0.364. The van der Waals surface area contributed by atoms with Crippen LogP contribution in [0.1, 0.15) is 6.42 Å². The maximum atomic E-state index is 13.3. The highest BCUT2D eigenvalue weighted by atomic mass is 28.2. The van der Waals surface area contributed by atoms with Gasteiger partial charge in [0.1, 0.15) is 0 Å². The van der Waals surface area contributed by atoms with E-state index >= 15 is 0 Å². The number of carbonyl (C=O) groups is 1. The quantitative estimate of drug-likeness (QED) is 0.147. The molecule has 6 nitrogen and oxygen atoms in total. The molecule has 2 N–H and O–H groups in total. The molecule has 2 radical (unpaired) electrons. The number of halogens is 5. The molecule has 0 fully saturated rings. The summed E-state index contributed by atoms with van der Waals surface area (Å²) in [5, 5.41) is 16.2. The Morgan fingerprint density at radius 3 is 2.48 bits per heavy atom. The van der Waals surface area contributed by atoms with E-state index in [2.05, 4.69) is 9.16 Å². The first kappa shape index (κ1) is 19.3. The third-order valence-electron chi connectivity index (χ3n) is 2.29. The molecule has 23 heavy (non-hydrogen) atoms. The van der Waals surface area contributed by atoms with Gasteiger partial charge in [0.15, 0.2) is 17.4 Å². The Morgan fingerprint density at radius 2 is 1.87 bits per heavy atom. The predicted octanol–water partition coefficient (Wildman–Crippen LogP) is 1.64. The molecule has 0 spiro atoms. The summed E-state index contributed by atoms with van der Waals surface area (Å²) < 4.78 is 73.5. The van der Waals surface area contributed by atoms with Gasteiger partial charge >= 0.3 is 6.09 Å². The summed E-state index contributed by atoms with van der Waals surface area (Å²) >= 11 is 0. The Kier molecular flexibility index (Phi) is 7.35. The van der Waals surface area contributed by atoms with Gasteiger partial charge in [0.05, 0.1) is 6.54 Å². The van der Waals surface area contributed by atoms with E-state index in [1.807, 2.05) is 0 Å². The van der Waals surface area contributed by atoms with Gasteiger partial charge in [-0.05, 0) is 12.5 Å². The maximum Gasteiger partial charge on any atom is 0.443 e. The molecule has 1 aromatic carbocycles. The van der Waals surface area contributed by atoms with Crippen molar-refractivity contribution < 1.29 is 46.2 Å². The molecule has 0 heterocycles. The van der Waals surface area contributed by atoms with Crippen molar-refractivity contribution in [1.29, 1.82) is 0 Å². The van der Waals surface area contributed by atoms with Crippen LogP contribution in [0, 0.1) is 23.3 Å². The third kappa shape index (κ3) is 5.74. The van der Waals surface area contributed by atoms with Crippen LogP contribution in [0.15, 0.2) is 6.07 Å². The van der Waals surface area contributed by atoms with E-state index in [0.717, 1.165) is 0 Å². The Hall–Kier alpha value is -1.76. The molecule has 1 rings (SSSR count). The Morgan fingerprint density at radius 1 is 1.22 bits per heavy atom. The Balaban J connectivity index is 2.53. The number of hydrogen-bond acceptors (Lipinski definition) is 5.